The standard InChI is InChI=1S/C11H13FN2O2/c1-11(2)9(10(11)13)6-3-4-7(12)8(5-6)14(15)16/h3-5,9-10H,13H2,1-2H3. The molecule has 1 aromatic carbocycles. The van der Waals surface area contributed by atoms with E-state index in [-0.39, 0.29) is 17.4 Å². The first-order valence-electron chi connectivity index (χ1n) is 5.05. The van der Waals surface area contributed by atoms with Crippen LogP contribution in [0.4, 0.5) is 10.1 Å². The van der Waals surface area contributed by atoms with Crippen LogP contribution in [0.1, 0.15) is 25.3 Å². The molecule has 1 aliphatic carbocycles. The molecule has 2 unspecified atom stereocenters. The number of hydrogen-bond donors (Lipinski definition) is 1. The maximum Gasteiger partial charge on any atom is 0.305 e. The molecule has 2 rings (SSSR count). The molecule has 2 N–H and O–H groups in total. The van der Waals surface area contributed by atoms with Crippen LogP contribution < -0.4 is 5.73 Å². The Hall–Kier alpha value is -1.49. The summed E-state index contributed by atoms with van der Waals surface area (Å²) in [4.78, 5) is 9.89. The maximum absolute atomic E-state index is 13.1. The monoisotopic (exact) mass is 224 g/mol. The Labute approximate surface area is 92.4 Å². The van der Waals surface area contributed by atoms with Crippen LogP contribution >= 0.6 is 0 Å². The van der Waals surface area contributed by atoms with Crippen molar-refractivity contribution in [1.29, 1.82) is 0 Å². The average Bonchev–Trinajstić information content (AvgIpc) is 2.67. The van der Waals surface area contributed by atoms with E-state index in [1.807, 2.05) is 13.8 Å². The van der Waals surface area contributed by atoms with Crippen LogP contribution in [0.3, 0.4) is 0 Å². The van der Waals surface area contributed by atoms with Crippen LogP contribution in [-0.2, 0) is 0 Å². The highest BCUT2D eigenvalue weighted by molar-refractivity contribution is 5.42. The molecule has 16 heavy (non-hydrogen) atoms. The van der Waals surface area contributed by atoms with Gasteiger partial charge in [-0.2, -0.15) is 4.39 Å². The fraction of sp³-hybridized carbons (Fsp3) is 0.455. The van der Waals surface area contributed by atoms with Gasteiger partial charge in [-0.1, -0.05) is 19.9 Å². The van der Waals surface area contributed by atoms with Crippen molar-refractivity contribution < 1.29 is 9.31 Å². The van der Waals surface area contributed by atoms with Crippen molar-refractivity contribution in [2.75, 3.05) is 0 Å². The van der Waals surface area contributed by atoms with Crippen LogP contribution in [-0.4, -0.2) is 11.0 Å². The number of benzene rings is 1. The van der Waals surface area contributed by atoms with Crippen molar-refractivity contribution in [3.63, 3.8) is 0 Å². The highest BCUT2D eigenvalue weighted by Crippen LogP contribution is 2.57. The summed E-state index contributed by atoms with van der Waals surface area (Å²) in [6, 6.07) is 3.97. The van der Waals surface area contributed by atoms with Gasteiger partial charge in [-0.3, -0.25) is 10.1 Å². The molecule has 1 aliphatic rings. The van der Waals surface area contributed by atoms with E-state index >= 15 is 0 Å². The zero-order valence-electron chi connectivity index (χ0n) is 9.11. The van der Waals surface area contributed by atoms with Gasteiger partial charge < -0.3 is 5.73 Å². The maximum atomic E-state index is 13.1. The Kier molecular flexibility index (Phi) is 2.24. The number of rotatable bonds is 2. The third-order valence-corrected chi connectivity index (χ3v) is 3.44. The van der Waals surface area contributed by atoms with Gasteiger partial charge in [-0.25, -0.2) is 0 Å². The predicted octanol–water partition coefficient (Wildman–Crippen LogP) is 2.18. The number of halogens is 1. The third-order valence-electron chi connectivity index (χ3n) is 3.44. The molecule has 0 spiro atoms. The smallest absolute Gasteiger partial charge is 0.305 e. The summed E-state index contributed by atoms with van der Waals surface area (Å²) in [5, 5.41) is 10.6. The molecule has 1 aromatic rings. The lowest BCUT2D eigenvalue weighted by Crippen LogP contribution is -2.06. The number of nitro groups is 1. The summed E-state index contributed by atoms with van der Waals surface area (Å²) < 4.78 is 13.1. The molecule has 0 amide bonds. The zero-order valence-corrected chi connectivity index (χ0v) is 9.11. The topological polar surface area (TPSA) is 69.2 Å². The second kappa shape index (κ2) is 3.25. The van der Waals surface area contributed by atoms with Crippen LogP contribution in [0, 0.1) is 21.3 Å². The predicted molar refractivity (Wildman–Crippen MR) is 57.6 cm³/mol. The lowest BCUT2D eigenvalue weighted by atomic mass is 10.0. The van der Waals surface area contributed by atoms with Gasteiger partial charge in [-0.15, -0.1) is 0 Å². The molecular formula is C11H13FN2O2. The molecule has 4 nitrogen and oxygen atoms in total. The summed E-state index contributed by atoms with van der Waals surface area (Å²) >= 11 is 0. The van der Waals surface area contributed by atoms with Crippen LogP contribution in [0.15, 0.2) is 18.2 Å². The van der Waals surface area contributed by atoms with Crippen molar-refractivity contribution in [2.24, 2.45) is 11.1 Å². The second-order valence-electron chi connectivity index (χ2n) is 4.79. The summed E-state index contributed by atoms with van der Waals surface area (Å²) in [6.07, 6.45) is 0. The summed E-state index contributed by atoms with van der Waals surface area (Å²) in [5.41, 5.74) is 6.08. The summed E-state index contributed by atoms with van der Waals surface area (Å²) in [7, 11) is 0. The van der Waals surface area contributed by atoms with E-state index in [0.717, 1.165) is 11.6 Å². The van der Waals surface area contributed by atoms with E-state index in [1.165, 1.54) is 6.07 Å². The molecular weight excluding hydrogens is 211 g/mol. The highest BCUT2D eigenvalue weighted by atomic mass is 19.1. The Morgan fingerprint density at radius 1 is 1.50 bits per heavy atom. The van der Waals surface area contributed by atoms with Gasteiger partial charge in [0.05, 0.1) is 4.92 Å². The summed E-state index contributed by atoms with van der Waals surface area (Å²) in [5.74, 6) is -0.729. The molecule has 0 radical (unpaired) electrons. The average molecular weight is 224 g/mol. The minimum Gasteiger partial charge on any atom is -0.327 e. The van der Waals surface area contributed by atoms with E-state index < -0.39 is 16.4 Å². The SMILES string of the molecule is CC1(C)C(N)C1c1ccc(F)c([N+](=O)[O-])c1. The highest BCUT2D eigenvalue weighted by Gasteiger charge is 2.56. The zero-order chi connectivity index (χ0) is 12.1. The minimum atomic E-state index is -0.805. The van der Waals surface area contributed by atoms with Gasteiger partial charge in [0.25, 0.3) is 0 Å². The number of nitrogens with zero attached hydrogens (tertiary/aromatic N) is 1. The lowest BCUT2D eigenvalue weighted by Gasteiger charge is -2.03. The van der Waals surface area contributed by atoms with Crippen molar-refractivity contribution in [2.45, 2.75) is 25.8 Å². The van der Waals surface area contributed by atoms with E-state index in [0.29, 0.717) is 0 Å². The molecule has 1 fully saturated rings. The third kappa shape index (κ3) is 1.48. The van der Waals surface area contributed by atoms with Gasteiger partial charge >= 0.3 is 5.69 Å². The lowest BCUT2D eigenvalue weighted by molar-refractivity contribution is -0.387. The summed E-state index contributed by atoms with van der Waals surface area (Å²) in [6.45, 7) is 4.00. The Morgan fingerprint density at radius 2 is 2.06 bits per heavy atom. The molecule has 86 valence electrons. The van der Waals surface area contributed by atoms with Crippen LogP contribution in [0.2, 0.25) is 0 Å². The molecule has 2 atom stereocenters. The molecule has 1 saturated carbocycles. The minimum absolute atomic E-state index is 0.0161. The molecule has 0 aromatic heterocycles. The number of hydrogen-bond acceptors (Lipinski definition) is 3. The van der Waals surface area contributed by atoms with Crippen molar-refractivity contribution in [3.8, 4) is 0 Å². The molecule has 0 aliphatic heterocycles. The largest absolute Gasteiger partial charge is 0.327 e. The number of nitro benzene ring substituents is 1. The quantitative estimate of drug-likeness (QED) is 0.618. The molecule has 5 heteroatoms. The Morgan fingerprint density at radius 3 is 2.50 bits per heavy atom. The van der Waals surface area contributed by atoms with Gasteiger partial charge in [0, 0.05) is 18.0 Å². The van der Waals surface area contributed by atoms with Crippen molar-refractivity contribution in [3.05, 3.63) is 39.7 Å². The van der Waals surface area contributed by atoms with E-state index in [9.17, 15) is 14.5 Å². The van der Waals surface area contributed by atoms with Gasteiger partial charge in [-0.05, 0) is 17.0 Å². The van der Waals surface area contributed by atoms with E-state index in [2.05, 4.69) is 0 Å². The van der Waals surface area contributed by atoms with E-state index in [1.54, 1.807) is 6.07 Å². The van der Waals surface area contributed by atoms with Gasteiger partial charge in [0.15, 0.2) is 0 Å². The molecule has 0 bridgehead atoms. The fourth-order valence-electron chi connectivity index (χ4n) is 2.18. The number of nitrogens with two attached hydrogens (primary N) is 1. The first-order chi connectivity index (χ1) is 7.35. The van der Waals surface area contributed by atoms with Gasteiger partial charge in [0.2, 0.25) is 5.82 Å². The molecule has 0 heterocycles. The van der Waals surface area contributed by atoms with Crippen molar-refractivity contribution >= 4 is 5.69 Å². The van der Waals surface area contributed by atoms with Crippen LogP contribution in [0.5, 0.6) is 0 Å². The first-order valence-corrected chi connectivity index (χ1v) is 5.05. The normalized spacial score (nSPS) is 26.5. The Bertz CT molecular complexity index is 459. The molecule has 0 saturated heterocycles. The van der Waals surface area contributed by atoms with E-state index in [4.69, 9.17) is 5.73 Å². The fourth-order valence-corrected chi connectivity index (χ4v) is 2.18. The van der Waals surface area contributed by atoms with Gasteiger partial charge in [0.1, 0.15) is 0 Å². The Balaban J connectivity index is 2.39. The van der Waals surface area contributed by atoms with Crippen LogP contribution in [0.25, 0.3) is 0 Å². The van der Waals surface area contributed by atoms with Crippen molar-refractivity contribution in [1.82, 2.24) is 0 Å². The first kappa shape index (κ1) is 11.0. The second-order valence-corrected chi connectivity index (χ2v) is 4.79.